The van der Waals surface area contributed by atoms with Crippen molar-refractivity contribution >= 4 is 11.7 Å². The number of hydrogen-bond acceptors (Lipinski definition) is 3. The predicted molar refractivity (Wildman–Crippen MR) is 39.3 cm³/mol. The molecule has 0 aromatic rings. The van der Waals surface area contributed by atoms with Gasteiger partial charge < -0.3 is 0 Å². The minimum absolute atomic E-state index is 0.117. The van der Waals surface area contributed by atoms with E-state index in [4.69, 9.17) is 5.21 Å². The van der Waals surface area contributed by atoms with Gasteiger partial charge in [-0.05, 0) is 24.3 Å². The number of β-lactam (4-membered cyclic amide) rings is 1. The van der Waals surface area contributed by atoms with Gasteiger partial charge in [-0.15, -0.1) is 0 Å². The van der Waals surface area contributed by atoms with Gasteiger partial charge in [-0.1, -0.05) is 0 Å². The molecule has 1 aliphatic carbocycles. The van der Waals surface area contributed by atoms with Crippen LogP contribution in [-0.4, -0.2) is 27.5 Å². The molecule has 12 heavy (non-hydrogen) atoms. The van der Waals surface area contributed by atoms with Crippen LogP contribution in [0.3, 0.4) is 0 Å². The number of rotatable bonds is 0. The highest BCUT2D eigenvalue weighted by Gasteiger charge is 2.48. The molecular formula is C8H7NO3. The second-order valence-electron chi connectivity index (χ2n) is 2.94. The molecule has 1 aliphatic heterocycles. The molecule has 0 bridgehead atoms. The van der Waals surface area contributed by atoms with E-state index in [1.54, 1.807) is 0 Å². The average molecular weight is 165 g/mol. The van der Waals surface area contributed by atoms with Gasteiger partial charge in [-0.3, -0.25) is 14.8 Å². The molecule has 1 spiro atoms. The summed E-state index contributed by atoms with van der Waals surface area (Å²) in [6.07, 6.45) is 6.03. The molecule has 0 aromatic carbocycles. The molecule has 0 radical (unpaired) electrons. The fourth-order valence-electron chi connectivity index (χ4n) is 1.36. The van der Waals surface area contributed by atoms with Gasteiger partial charge in [0.2, 0.25) is 5.91 Å². The maximum Gasteiger partial charge on any atom is 0.250 e. The van der Waals surface area contributed by atoms with E-state index in [0.29, 0.717) is 5.06 Å². The summed E-state index contributed by atoms with van der Waals surface area (Å²) in [6.45, 7) is 0. The Bertz CT molecular complexity index is 300. The maximum absolute atomic E-state index is 10.7. The Morgan fingerprint density at radius 2 is 1.92 bits per heavy atom. The Hall–Kier alpha value is -1.42. The van der Waals surface area contributed by atoms with Crippen LogP contribution >= 0.6 is 0 Å². The van der Waals surface area contributed by atoms with E-state index in [9.17, 15) is 9.59 Å². The maximum atomic E-state index is 10.7. The van der Waals surface area contributed by atoms with Crippen molar-refractivity contribution in [1.29, 1.82) is 0 Å². The molecule has 4 heteroatoms. The Morgan fingerprint density at radius 1 is 1.33 bits per heavy atom. The summed E-state index contributed by atoms with van der Waals surface area (Å²) < 4.78 is 0. The summed E-state index contributed by atoms with van der Waals surface area (Å²) in [6, 6.07) is 0. The molecule has 0 aromatic heterocycles. The minimum atomic E-state index is -0.731. The molecule has 2 aliphatic rings. The molecule has 0 saturated carbocycles. The highest BCUT2D eigenvalue weighted by molar-refractivity contribution is 6.02. The molecule has 1 saturated heterocycles. The van der Waals surface area contributed by atoms with Crippen molar-refractivity contribution < 1.29 is 14.8 Å². The SMILES string of the molecule is O=C1C=CC2(C=C1)CC(=O)N2O. The van der Waals surface area contributed by atoms with E-state index in [-0.39, 0.29) is 18.1 Å². The molecule has 62 valence electrons. The topological polar surface area (TPSA) is 57.6 Å². The van der Waals surface area contributed by atoms with Crippen LogP contribution in [0.4, 0.5) is 0 Å². The van der Waals surface area contributed by atoms with E-state index in [2.05, 4.69) is 0 Å². The highest BCUT2D eigenvalue weighted by Crippen LogP contribution is 2.34. The first kappa shape index (κ1) is 7.24. The number of carbonyl (C=O) groups is 2. The van der Waals surface area contributed by atoms with Crippen LogP contribution in [0, 0.1) is 0 Å². The van der Waals surface area contributed by atoms with Crippen LogP contribution in [0.25, 0.3) is 0 Å². The number of allylic oxidation sites excluding steroid dienone is 2. The Balaban J connectivity index is 2.27. The third-order valence-electron chi connectivity index (χ3n) is 2.14. The number of nitrogens with zero attached hydrogens (tertiary/aromatic N) is 1. The molecule has 2 rings (SSSR count). The van der Waals surface area contributed by atoms with Gasteiger partial charge >= 0.3 is 0 Å². The normalized spacial score (nSPS) is 24.9. The summed E-state index contributed by atoms with van der Waals surface area (Å²) in [5.74, 6) is -0.438. The first-order valence-corrected chi connectivity index (χ1v) is 3.58. The van der Waals surface area contributed by atoms with Gasteiger partial charge in [0.05, 0.1) is 6.42 Å². The summed E-state index contributed by atoms with van der Waals surface area (Å²) in [5.41, 5.74) is -0.731. The van der Waals surface area contributed by atoms with E-state index in [0.717, 1.165) is 0 Å². The zero-order valence-electron chi connectivity index (χ0n) is 6.23. The Labute approximate surface area is 68.7 Å². The third kappa shape index (κ3) is 0.753. The summed E-state index contributed by atoms with van der Waals surface area (Å²) in [4.78, 5) is 21.4. The Kier molecular flexibility index (Phi) is 1.23. The smallest absolute Gasteiger partial charge is 0.250 e. The van der Waals surface area contributed by atoms with Gasteiger partial charge in [-0.25, -0.2) is 5.06 Å². The largest absolute Gasteiger partial charge is 0.290 e. The quantitative estimate of drug-likeness (QED) is 0.407. The van der Waals surface area contributed by atoms with Gasteiger partial charge in [-0.2, -0.15) is 0 Å². The lowest BCUT2D eigenvalue weighted by molar-refractivity contribution is -0.209. The van der Waals surface area contributed by atoms with Crippen molar-refractivity contribution in [1.82, 2.24) is 5.06 Å². The van der Waals surface area contributed by atoms with Crippen LogP contribution < -0.4 is 0 Å². The summed E-state index contributed by atoms with van der Waals surface area (Å²) >= 11 is 0. The highest BCUT2D eigenvalue weighted by atomic mass is 16.5. The predicted octanol–water partition coefficient (Wildman–Crippen LogP) is 0.0418. The second-order valence-corrected chi connectivity index (χ2v) is 2.94. The van der Waals surface area contributed by atoms with E-state index >= 15 is 0 Å². The van der Waals surface area contributed by atoms with Gasteiger partial charge in [0.25, 0.3) is 0 Å². The lowest BCUT2D eigenvalue weighted by Crippen LogP contribution is -2.60. The minimum Gasteiger partial charge on any atom is -0.290 e. The fraction of sp³-hybridized carbons (Fsp3) is 0.250. The average Bonchev–Trinajstić information content (AvgIpc) is 2.09. The van der Waals surface area contributed by atoms with Crippen molar-refractivity contribution in [2.45, 2.75) is 12.0 Å². The van der Waals surface area contributed by atoms with E-state index in [1.807, 2.05) is 0 Å². The summed E-state index contributed by atoms with van der Waals surface area (Å²) in [7, 11) is 0. The van der Waals surface area contributed by atoms with Gasteiger partial charge in [0, 0.05) is 0 Å². The van der Waals surface area contributed by atoms with Crippen LogP contribution in [0.1, 0.15) is 6.42 Å². The first-order chi connectivity index (χ1) is 5.64. The van der Waals surface area contributed by atoms with Crippen LogP contribution in [0.2, 0.25) is 0 Å². The molecule has 1 fully saturated rings. The van der Waals surface area contributed by atoms with Crippen molar-refractivity contribution in [3.63, 3.8) is 0 Å². The monoisotopic (exact) mass is 165 g/mol. The van der Waals surface area contributed by atoms with Gasteiger partial charge in [0.15, 0.2) is 5.78 Å². The van der Waals surface area contributed by atoms with Gasteiger partial charge in [0.1, 0.15) is 5.54 Å². The number of hydroxylamine groups is 2. The molecule has 0 unspecified atom stereocenters. The van der Waals surface area contributed by atoms with Crippen molar-refractivity contribution in [2.75, 3.05) is 0 Å². The zero-order chi connectivity index (χ0) is 8.77. The van der Waals surface area contributed by atoms with Crippen molar-refractivity contribution in [2.24, 2.45) is 0 Å². The Morgan fingerprint density at radius 3 is 2.33 bits per heavy atom. The van der Waals surface area contributed by atoms with Crippen LogP contribution in [0.15, 0.2) is 24.3 Å². The molecule has 1 N–H and O–H groups in total. The molecule has 1 heterocycles. The first-order valence-electron chi connectivity index (χ1n) is 3.58. The summed E-state index contributed by atoms with van der Waals surface area (Å²) in [5, 5.41) is 9.79. The van der Waals surface area contributed by atoms with Crippen LogP contribution in [0.5, 0.6) is 0 Å². The van der Waals surface area contributed by atoms with E-state index in [1.165, 1.54) is 24.3 Å². The number of hydrogen-bond donors (Lipinski definition) is 1. The third-order valence-corrected chi connectivity index (χ3v) is 2.14. The standard InChI is InChI=1S/C8H7NO3/c10-6-1-3-8(4-2-6)5-7(11)9(8)12/h1-4,12H,5H2. The fourth-order valence-corrected chi connectivity index (χ4v) is 1.36. The molecular weight excluding hydrogens is 158 g/mol. The molecule has 4 nitrogen and oxygen atoms in total. The lowest BCUT2D eigenvalue weighted by Gasteiger charge is -2.44. The molecule has 0 atom stereocenters. The van der Waals surface area contributed by atoms with E-state index < -0.39 is 5.54 Å². The second kappa shape index (κ2) is 2.04. The molecule has 1 amide bonds. The number of amides is 1. The lowest BCUT2D eigenvalue weighted by atomic mass is 9.83. The zero-order valence-corrected chi connectivity index (χ0v) is 6.23. The van der Waals surface area contributed by atoms with Crippen molar-refractivity contribution in [3.8, 4) is 0 Å². The van der Waals surface area contributed by atoms with Crippen LogP contribution in [-0.2, 0) is 9.59 Å². The van der Waals surface area contributed by atoms with Crippen molar-refractivity contribution in [3.05, 3.63) is 24.3 Å². The number of carbonyl (C=O) groups excluding carboxylic acids is 2. The number of ketones is 1.